The Morgan fingerprint density at radius 1 is 1.16 bits per heavy atom. The number of ether oxygens (including phenoxy) is 1. The molecule has 0 heterocycles. The molecule has 7 heteroatoms. The molecule has 0 saturated heterocycles. The van der Waals surface area contributed by atoms with Crippen LogP contribution in [0.3, 0.4) is 0 Å². The molecule has 0 aromatic heterocycles. The Morgan fingerprint density at radius 2 is 1.84 bits per heavy atom. The lowest BCUT2D eigenvalue weighted by Crippen LogP contribution is -2.24. The van der Waals surface area contributed by atoms with Gasteiger partial charge in [0.05, 0.1) is 11.8 Å². The van der Waals surface area contributed by atoms with E-state index in [-0.39, 0.29) is 6.61 Å². The molecule has 0 atom stereocenters. The third-order valence-corrected chi connectivity index (χ3v) is 3.34. The van der Waals surface area contributed by atoms with Crippen molar-refractivity contribution in [3.8, 4) is 5.75 Å². The predicted molar refractivity (Wildman–Crippen MR) is 88.6 cm³/mol. The molecule has 1 amide bonds. The highest BCUT2D eigenvalue weighted by molar-refractivity contribution is 5.83. The quantitative estimate of drug-likeness (QED) is 0.658. The average molecular weight is 350 g/mol. The number of nitrogens with one attached hydrogen (secondary N) is 1. The van der Waals surface area contributed by atoms with E-state index in [1.54, 1.807) is 0 Å². The van der Waals surface area contributed by atoms with Gasteiger partial charge in [0.25, 0.3) is 5.91 Å². The first-order valence-electron chi connectivity index (χ1n) is 7.45. The normalized spacial score (nSPS) is 11.6. The van der Waals surface area contributed by atoms with Gasteiger partial charge in [-0.25, -0.2) is 5.43 Å². The fourth-order valence-electron chi connectivity index (χ4n) is 1.98. The van der Waals surface area contributed by atoms with Crippen LogP contribution in [0.15, 0.2) is 47.6 Å². The highest BCUT2D eigenvalue weighted by Crippen LogP contribution is 2.28. The van der Waals surface area contributed by atoms with Crippen molar-refractivity contribution < 1.29 is 22.7 Å². The molecule has 1 N–H and O–H groups in total. The maximum absolute atomic E-state index is 12.5. The van der Waals surface area contributed by atoms with Gasteiger partial charge in [0.1, 0.15) is 5.75 Å². The number of amides is 1. The van der Waals surface area contributed by atoms with Crippen molar-refractivity contribution in [3.63, 3.8) is 0 Å². The molecule has 0 unspecified atom stereocenters. The number of halogens is 3. The number of carbonyl (C=O) groups is 1. The van der Waals surface area contributed by atoms with E-state index in [0.29, 0.717) is 11.3 Å². The first kappa shape index (κ1) is 18.5. The van der Waals surface area contributed by atoms with Crippen LogP contribution in [0.4, 0.5) is 13.2 Å². The van der Waals surface area contributed by atoms with Gasteiger partial charge in [-0.05, 0) is 48.7 Å². The molecule has 132 valence electrons. The standard InChI is InChI=1S/C18H17F3N2O2/c1-12-3-4-13(2)16(9-12)25-11-17(24)23-22-10-14-5-7-15(8-6-14)18(19,20)21/h3-10H,11H2,1-2H3,(H,23,24)/b22-10+. The average Bonchev–Trinajstić information content (AvgIpc) is 2.55. The number of alkyl halides is 3. The summed E-state index contributed by atoms with van der Waals surface area (Å²) in [6, 6.07) is 10.1. The minimum atomic E-state index is -4.38. The van der Waals surface area contributed by atoms with Crippen LogP contribution in [-0.2, 0) is 11.0 Å². The molecule has 25 heavy (non-hydrogen) atoms. The monoisotopic (exact) mass is 350 g/mol. The van der Waals surface area contributed by atoms with Gasteiger partial charge < -0.3 is 4.74 Å². The van der Waals surface area contributed by atoms with Gasteiger partial charge in [-0.15, -0.1) is 0 Å². The van der Waals surface area contributed by atoms with E-state index in [1.807, 2.05) is 32.0 Å². The highest BCUT2D eigenvalue weighted by atomic mass is 19.4. The van der Waals surface area contributed by atoms with Crippen molar-refractivity contribution in [3.05, 3.63) is 64.7 Å². The second-order valence-electron chi connectivity index (χ2n) is 5.47. The molecule has 2 aromatic carbocycles. The second-order valence-corrected chi connectivity index (χ2v) is 5.47. The fourth-order valence-corrected chi connectivity index (χ4v) is 1.98. The number of hydrogen-bond acceptors (Lipinski definition) is 3. The van der Waals surface area contributed by atoms with Crippen LogP contribution in [0.25, 0.3) is 0 Å². The molecule has 0 bridgehead atoms. The second kappa shape index (κ2) is 7.83. The highest BCUT2D eigenvalue weighted by Gasteiger charge is 2.29. The Kier molecular flexibility index (Phi) is 5.80. The van der Waals surface area contributed by atoms with E-state index >= 15 is 0 Å². The molecule has 2 rings (SSSR count). The first-order chi connectivity index (χ1) is 11.8. The Labute approximate surface area is 143 Å². The van der Waals surface area contributed by atoms with E-state index in [1.165, 1.54) is 18.3 Å². The van der Waals surface area contributed by atoms with Gasteiger partial charge in [-0.1, -0.05) is 24.3 Å². The summed E-state index contributed by atoms with van der Waals surface area (Å²) >= 11 is 0. The van der Waals surface area contributed by atoms with Crippen LogP contribution in [0, 0.1) is 13.8 Å². The van der Waals surface area contributed by atoms with Crippen LogP contribution in [0.5, 0.6) is 5.75 Å². The Morgan fingerprint density at radius 3 is 2.48 bits per heavy atom. The van der Waals surface area contributed by atoms with E-state index in [0.717, 1.165) is 23.3 Å². The van der Waals surface area contributed by atoms with Gasteiger partial charge >= 0.3 is 6.18 Å². The van der Waals surface area contributed by atoms with E-state index in [9.17, 15) is 18.0 Å². The van der Waals surface area contributed by atoms with E-state index < -0.39 is 17.6 Å². The molecule has 4 nitrogen and oxygen atoms in total. The van der Waals surface area contributed by atoms with Crippen LogP contribution in [0.2, 0.25) is 0 Å². The molecule has 0 spiro atoms. The minimum Gasteiger partial charge on any atom is -0.483 e. The van der Waals surface area contributed by atoms with Crippen LogP contribution < -0.4 is 10.2 Å². The molecule has 0 aliphatic heterocycles. The molecular formula is C18H17F3N2O2. The molecule has 0 aliphatic carbocycles. The fraction of sp³-hybridized carbons (Fsp3) is 0.222. The summed E-state index contributed by atoms with van der Waals surface area (Å²) in [5.74, 6) is 0.144. The summed E-state index contributed by atoms with van der Waals surface area (Å²) in [7, 11) is 0. The van der Waals surface area contributed by atoms with Gasteiger partial charge in [-0.2, -0.15) is 18.3 Å². The zero-order valence-electron chi connectivity index (χ0n) is 13.7. The van der Waals surface area contributed by atoms with Gasteiger partial charge in [-0.3, -0.25) is 4.79 Å². The molecule has 2 aromatic rings. The van der Waals surface area contributed by atoms with Gasteiger partial charge in [0.15, 0.2) is 6.61 Å². The summed E-state index contributed by atoms with van der Waals surface area (Å²) in [5, 5.41) is 3.70. The predicted octanol–water partition coefficient (Wildman–Crippen LogP) is 3.85. The number of nitrogens with zero attached hydrogens (tertiary/aromatic N) is 1. The Bertz CT molecular complexity index is 769. The van der Waals surface area contributed by atoms with Crippen LogP contribution in [-0.4, -0.2) is 18.7 Å². The Balaban J connectivity index is 1.85. The maximum atomic E-state index is 12.5. The molecular weight excluding hydrogens is 333 g/mol. The lowest BCUT2D eigenvalue weighted by molar-refractivity contribution is -0.137. The van der Waals surface area contributed by atoms with Crippen molar-refractivity contribution in [2.75, 3.05) is 6.61 Å². The Hall–Kier alpha value is -2.83. The molecule has 0 radical (unpaired) electrons. The number of aryl methyl sites for hydroxylation is 2. The third kappa shape index (κ3) is 5.63. The van der Waals surface area contributed by atoms with Crippen molar-refractivity contribution >= 4 is 12.1 Å². The smallest absolute Gasteiger partial charge is 0.416 e. The third-order valence-electron chi connectivity index (χ3n) is 3.34. The molecule has 0 saturated carbocycles. The van der Waals surface area contributed by atoms with Crippen LogP contribution >= 0.6 is 0 Å². The molecule has 0 aliphatic rings. The molecule has 0 fully saturated rings. The van der Waals surface area contributed by atoms with Gasteiger partial charge in [0.2, 0.25) is 0 Å². The topological polar surface area (TPSA) is 50.7 Å². The van der Waals surface area contributed by atoms with Crippen molar-refractivity contribution in [1.82, 2.24) is 5.43 Å². The minimum absolute atomic E-state index is 0.214. The summed E-state index contributed by atoms with van der Waals surface area (Å²) in [6.07, 6.45) is -3.12. The lowest BCUT2D eigenvalue weighted by atomic mass is 10.1. The largest absolute Gasteiger partial charge is 0.483 e. The SMILES string of the molecule is Cc1ccc(C)c(OCC(=O)N/N=C/c2ccc(C(F)(F)F)cc2)c1. The number of hydrazone groups is 1. The zero-order chi connectivity index (χ0) is 18.4. The number of benzene rings is 2. The summed E-state index contributed by atoms with van der Waals surface area (Å²) in [5.41, 5.74) is 3.88. The van der Waals surface area contributed by atoms with Crippen molar-refractivity contribution in [1.29, 1.82) is 0 Å². The van der Waals surface area contributed by atoms with Crippen molar-refractivity contribution in [2.24, 2.45) is 5.10 Å². The van der Waals surface area contributed by atoms with E-state index in [4.69, 9.17) is 4.74 Å². The summed E-state index contributed by atoms with van der Waals surface area (Å²) < 4.78 is 42.8. The van der Waals surface area contributed by atoms with Gasteiger partial charge in [0, 0.05) is 0 Å². The van der Waals surface area contributed by atoms with E-state index in [2.05, 4.69) is 10.5 Å². The maximum Gasteiger partial charge on any atom is 0.416 e. The first-order valence-corrected chi connectivity index (χ1v) is 7.45. The van der Waals surface area contributed by atoms with Crippen LogP contribution in [0.1, 0.15) is 22.3 Å². The number of carbonyl (C=O) groups excluding carboxylic acids is 1. The van der Waals surface area contributed by atoms with Crippen molar-refractivity contribution in [2.45, 2.75) is 20.0 Å². The summed E-state index contributed by atoms with van der Waals surface area (Å²) in [6.45, 7) is 3.57. The zero-order valence-corrected chi connectivity index (χ0v) is 13.7. The number of rotatable bonds is 5. The lowest BCUT2D eigenvalue weighted by Gasteiger charge is -2.08. The number of hydrogen-bond donors (Lipinski definition) is 1. The summed E-state index contributed by atoms with van der Waals surface area (Å²) in [4.78, 5) is 11.7.